The fourth-order valence-electron chi connectivity index (χ4n) is 4.82. The van der Waals surface area contributed by atoms with E-state index in [-0.39, 0.29) is 29.1 Å². The van der Waals surface area contributed by atoms with Gasteiger partial charge in [-0.2, -0.15) is 5.26 Å². The van der Waals surface area contributed by atoms with E-state index in [1.54, 1.807) is 30.3 Å². The fourth-order valence-corrected chi connectivity index (χ4v) is 4.94. The molecule has 0 aromatic heterocycles. The Kier molecular flexibility index (Phi) is 6.42. The first-order chi connectivity index (χ1) is 17.4. The molecule has 1 aliphatic heterocycles. The number of hydrogen-bond acceptors (Lipinski definition) is 5. The molecule has 1 N–H and O–H groups in total. The normalized spacial score (nSPS) is 17.3. The van der Waals surface area contributed by atoms with Gasteiger partial charge in [-0.1, -0.05) is 23.7 Å². The van der Waals surface area contributed by atoms with Crippen LogP contribution >= 0.6 is 11.6 Å². The van der Waals surface area contributed by atoms with Gasteiger partial charge in [-0.3, -0.25) is 9.59 Å². The molecule has 1 saturated carbocycles. The van der Waals surface area contributed by atoms with Crippen molar-refractivity contribution in [3.8, 4) is 23.3 Å². The standard InChI is InChI=1S/C29H24ClNO5/c30-21-5-3-20(4-6-21)29(12-13-29)11-9-25(32)18-1-7-22(8-2-18)36-26-16-27-24(15-19(26)17-31)23(28(33)34)10-14-35-27/h1-8,15-16,23H,9-14H2,(H,33,34). The zero-order chi connectivity index (χ0) is 25.3. The van der Waals surface area contributed by atoms with Gasteiger partial charge >= 0.3 is 5.97 Å². The second kappa shape index (κ2) is 9.67. The van der Waals surface area contributed by atoms with Gasteiger partial charge in [0, 0.05) is 28.6 Å². The Hall–Kier alpha value is -3.82. The second-order valence-corrected chi connectivity index (χ2v) is 9.80. The highest BCUT2D eigenvalue weighted by atomic mass is 35.5. The molecule has 1 atom stereocenters. The molecule has 3 aromatic carbocycles. The highest BCUT2D eigenvalue weighted by Crippen LogP contribution is 2.52. The summed E-state index contributed by atoms with van der Waals surface area (Å²) in [6.07, 6.45) is 3.75. The lowest BCUT2D eigenvalue weighted by Gasteiger charge is -2.24. The molecule has 36 heavy (non-hydrogen) atoms. The molecule has 5 rings (SSSR count). The van der Waals surface area contributed by atoms with Crippen LogP contribution in [0.3, 0.4) is 0 Å². The summed E-state index contributed by atoms with van der Waals surface area (Å²) in [5.41, 5.74) is 2.62. The minimum Gasteiger partial charge on any atom is -0.493 e. The number of ketones is 1. The number of hydrogen-bond donors (Lipinski definition) is 1. The van der Waals surface area contributed by atoms with E-state index in [1.165, 1.54) is 11.6 Å². The first-order valence-electron chi connectivity index (χ1n) is 11.9. The molecule has 3 aromatic rings. The lowest BCUT2D eigenvalue weighted by atomic mass is 9.89. The van der Waals surface area contributed by atoms with E-state index in [0.29, 0.717) is 40.5 Å². The summed E-state index contributed by atoms with van der Waals surface area (Å²) in [6.45, 7) is 0.283. The van der Waals surface area contributed by atoms with Crippen LogP contribution in [0.25, 0.3) is 0 Å². The lowest BCUT2D eigenvalue weighted by Crippen LogP contribution is -2.21. The van der Waals surface area contributed by atoms with Gasteiger partial charge in [-0.15, -0.1) is 0 Å². The molecule has 1 unspecified atom stereocenters. The van der Waals surface area contributed by atoms with Gasteiger partial charge in [0.1, 0.15) is 23.3 Å². The van der Waals surface area contributed by atoms with Crippen molar-refractivity contribution in [2.75, 3.05) is 6.61 Å². The van der Waals surface area contributed by atoms with Crippen LogP contribution in [0, 0.1) is 11.3 Å². The number of benzene rings is 3. The van der Waals surface area contributed by atoms with Crippen molar-refractivity contribution >= 4 is 23.4 Å². The Bertz CT molecular complexity index is 1350. The van der Waals surface area contributed by atoms with E-state index in [1.807, 2.05) is 12.1 Å². The highest BCUT2D eigenvalue weighted by molar-refractivity contribution is 6.30. The van der Waals surface area contributed by atoms with Gasteiger partial charge in [0.15, 0.2) is 5.78 Å². The lowest BCUT2D eigenvalue weighted by molar-refractivity contribution is -0.139. The molecule has 2 aliphatic rings. The van der Waals surface area contributed by atoms with E-state index in [0.717, 1.165) is 19.3 Å². The Balaban J connectivity index is 1.26. The summed E-state index contributed by atoms with van der Waals surface area (Å²) < 4.78 is 11.5. The van der Waals surface area contributed by atoms with Crippen LogP contribution in [0.4, 0.5) is 0 Å². The maximum atomic E-state index is 12.9. The maximum Gasteiger partial charge on any atom is 0.311 e. The molecule has 182 valence electrons. The Labute approximate surface area is 214 Å². The topological polar surface area (TPSA) is 96.6 Å². The number of nitriles is 1. The number of halogens is 1. The van der Waals surface area contributed by atoms with Crippen molar-refractivity contribution in [2.45, 2.75) is 43.4 Å². The van der Waals surface area contributed by atoms with E-state index >= 15 is 0 Å². The van der Waals surface area contributed by atoms with Gasteiger partial charge in [-0.25, -0.2) is 0 Å². The van der Waals surface area contributed by atoms with Crippen LogP contribution < -0.4 is 9.47 Å². The quantitative estimate of drug-likeness (QED) is 0.347. The van der Waals surface area contributed by atoms with Gasteiger partial charge in [0.2, 0.25) is 0 Å². The first kappa shape index (κ1) is 23.9. The van der Waals surface area contributed by atoms with Crippen LogP contribution in [0.1, 0.15) is 65.1 Å². The average Bonchev–Trinajstić information content (AvgIpc) is 3.68. The van der Waals surface area contributed by atoms with Crippen molar-refractivity contribution in [1.29, 1.82) is 5.26 Å². The average molecular weight is 502 g/mol. The Morgan fingerprint density at radius 3 is 2.47 bits per heavy atom. The SMILES string of the molecule is N#Cc1cc2c(cc1Oc1ccc(C(=O)CCC3(c4ccc(Cl)cc4)CC3)cc1)OCCC2C(=O)O. The van der Waals surface area contributed by atoms with Gasteiger partial charge in [0.25, 0.3) is 0 Å². The van der Waals surface area contributed by atoms with Crippen LogP contribution in [0.15, 0.2) is 60.7 Å². The number of aliphatic carboxylic acids is 1. The zero-order valence-electron chi connectivity index (χ0n) is 19.5. The van der Waals surface area contributed by atoms with Crippen molar-refractivity contribution in [2.24, 2.45) is 0 Å². The second-order valence-electron chi connectivity index (χ2n) is 9.36. The summed E-state index contributed by atoms with van der Waals surface area (Å²) in [5.74, 6) is -0.438. The van der Waals surface area contributed by atoms with E-state index in [4.69, 9.17) is 21.1 Å². The monoisotopic (exact) mass is 501 g/mol. The number of carboxylic acid groups (broad SMARTS) is 1. The van der Waals surface area contributed by atoms with Crippen LogP contribution in [0.5, 0.6) is 17.2 Å². The summed E-state index contributed by atoms with van der Waals surface area (Å²) in [6, 6.07) is 19.9. The Morgan fingerprint density at radius 1 is 1.11 bits per heavy atom. The largest absolute Gasteiger partial charge is 0.493 e. The number of carbonyl (C=O) groups excluding carboxylic acids is 1. The molecule has 7 heteroatoms. The molecule has 0 spiro atoms. The van der Waals surface area contributed by atoms with Crippen molar-refractivity contribution in [3.05, 3.63) is 87.9 Å². The summed E-state index contributed by atoms with van der Waals surface area (Å²) in [7, 11) is 0. The molecular weight excluding hydrogens is 478 g/mol. The molecule has 1 heterocycles. The van der Waals surface area contributed by atoms with Gasteiger partial charge in [-0.05, 0) is 79.1 Å². The number of carbonyl (C=O) groups is 2. The fraction of sp³-hybridized carbons (Fsp3) is 0.276. The van der Waals surface area contributed by atoms with Crippen LogP contribution in [-0.2, 0) is 10.2 Å². The number of carboxylic acids is 1. The third-order valence-corrected chi connectivity index (χ3v) is 7.37. The third kappa shape index (κ3) is 4.80. The van der Waals surface area contributed by atoms with Crippen LogP contribution in [-0.4, -0.2) is 23.5 Å². The zero-order valence-corrected chi connectivity index (χ0v) is 20.3. The maximum absolute atomic E-state index is 12.9. The molecule has 0 bridgehead atoms. The molecule has 0 amide bonds. The predicted octanol–water partition coefficient (Wildman–Crippen LogP) is 6.65. The minimum absolute atomic E-state index is 0.0707. The highest BCUT2D eigenvalue weighted by Gasteiger charge is 2.43. The van der Waals surface area contributed by atoms with Gasteiger partial charge < -0.3 is 14.6 Å². The number of ether oxygens (including phenoxy) is 2. The summed E-state index contributed by atoms with van der Waals surface area (Å²) >= 11 is 6.01. The molecular formula is C29H24ClNO5. The first-order valence-corrected chi connectivity index (χ1v) is 12.3. The summed E-state index contributed by atoms with van der Waals surface area (Å²) in [4.78, 5) is 24.4. The van der Waals surface area contributed by atoms with Crippen molar-refractivity contribution < 1.29 is 24.2 Å². The number of Topliss-reactive ketones (excluding diaryl/α,β-unsaturated/α-hetero) is 1. The molecule has 1 fully saturated rings. The third-order valence-electron chi connectivity index (χ3n) is 7.11. The van der Waals surface area contributed by atoms with E-state index < -0.39 is 11.9 Å². The smallest absolute Gasteiger partial charge is 0.311 e. The van der Waals surface area contributed by atoms with Gasteiger partial charge in [0.05, 0.1) is 18.1 Å². The van der Waals surface area contributed by atoms with Crippen LogP contribution in [0.2, 0.25) is 5.02 Å². The van der Waals surface area contributed by atoms with Crippen molar-refractivity contribution in [3.63, 3.8) is 0 Å². The number of fused-ring (bicyclic) bond motifs is 1. The predicted molar refractivity (Wildman–Crippen MR) is 134 cm³/mol. The number of nitrogens with zero attached hydrogens (tertiary/aromatic N) is 1. The Morgan fingerprint density at radius 2 is 1.83 bits per heavy atom. The number of rotatable bonds is 8. The summed E-state index contributed by atoms with van der Waals surface area (Å²) in [5, 5.41) is 19.8. The molecule has 0 saturated heterocycles. The molecule has 6 nitrogen and oxygen atoms in total. The van der Waals surface area contributed by atoms with E-state index in [9.17, 15) is 20.0 Å². The minimum atomic E-state index is -0.946. The molecule has 1 aliphatic carbocycles. The van der Waals surface area contributed by atoms with Crippen molar-refractivity contribution in [1.82, 2.24) is 0 Å². The van der Waals surface area contributed by atoms with E-state index in [2.05, 4.69) is 18.2 Å². The molecule has 0 radical (unpaired) electrons.